The Morgan fingerprint density at radius 1 is 1.14 bits per heavy atom. The third-order valence-electron chi connectivity index (χ3n) is 3.73. The van der Waals surface area contributed by atoms with Crippen molar-refractivity contribution in [2.75, 3.05) is 11.5 Å². The molecule has 0 aromatic carbocycles. The van der Waals surface area contributed by atoms with Gasteiger partial charge in [0.1, 0.15) is 0 Å². The predicted octanol–water partition coefficient (Wildman–Crippen LogP) is 0.295. The molecule has 9 heteroatoms. The number of anilines is 2. The van der Waals surface area contributed by atoms with Gasteiger partial charge in [-0.25, -0.2) is 9.97 Å². The van der Waals surface area contributed by atoms with E-state index >= 15 is 0 Å². The van der Waals surface area contributed by atoms with Crippen LogP contribution in [0.15, 0.2) is 4.99 Å². The fourth-order valence-corrected chi connectivity index (χ4v) is 2.81. The molecule has 1 saturated heterocycles. The van der Waals surface area contributed by atoms with Crippen molar-refractivity contribution in [2.24, 2.45) is 4.99 Å². The lowest BCUT2D eigenvalue weighted by molar-refractivity contribution is 0.0998. The van der Waals surface area contributed by atoms with Crippen LogP contribution in [0.25, 0.3) is 0 Å². The zero-order chi connectivity index (χ0) is 15.0. The number of fused-ring (bicyclic) bond motifs is 1. The Balaban J connectivity index is 1.80. The molecule has 1 saturated carbocycles. The van der Waals surface area contributed by atoms with Gasteiger partial charge in [0.15, 0.2) is 28.4 Å². The summed E-state index contributed by atoms with van der Waals surface area (Å²) >= 11 is 5.76. The van der Waals surface area contributed by atoms with Crippen LogP contribution in [0.1, 0.15) is 36.2 Å². The molecule has 1 aliphatic heterocycles. The highest BCUT2D eigenvalue weighted by atomic mass is 35.5. The lowest BCUT2D eigenvalue weighted by atomic mass is 9.92. The van der Waals surface area contributed by atoms with E-state index in [1.807, 2.05) is 0 Å². The molecule has 3 rings (SSSR count). The van der Waals surface area contributed by atoms with Crippen LogP contribution in [0, 0.1) is 0 Å². The van der Waals surface area contributed by atoms with E-state index in [9.17, 15) is 4.79 Å². The van der Waals surface area contributed by atoms with Crippen LogP contribution < -0.4 is 22.1 Å². The molecular weight excluding hydrogens is 294 g/mol. The number of halogens is 1. The molecule has 1 aliphatic carbocycles. The van der Waals surface area contributed by atoms with Crippen LogP contribution >= 0.6 is 11.6 Å². The first-order valence-electron chi connectivity index (χ1n) is 6.79. The maximum Gasteiger partial charge on any atom is 0.302 e. The Morgan fingerprint density at radius 2 is 1.76 bits per heavy atom. The monoisotopic (exact) mass is 309 g/mol. The standard InChI is InChI=1S/C12H16ClN7O/c13-8-10(15)19-9(14)7(18-8)11(21)20-12-16-5-3-1-2-4-6(5)17-12/h5-6H,1-4H2,(H4,14,15,19)(H2,16,17,20,21). The van der Waals surface area contributed by atoms with Crippen LogP contribution in [-0.4, -0.2) is 33.9 Å². The summed E-state index contributed by atoms with van der Waals surface area (Å²) in [7, 11) is 0. The second-order valence-corrected chi connectivity index (χ2v) is 5.54. The van der Waals surface area contributed by atoms with Crippen molar-refractivity contribution < 1.29 is 4.79 Å². The molecular formula is C12H16ClN7O. The maximum absolute atomic E-state index is 12.1. The lowest BCUT2D eigenvalue weighted by Crippen LogP contribution is -2.36. The molecule has 2 heterocycles. The molecule has 6 N–H and O–H groups in total. The van der Waals surface area contributed by atoms with Gasteiger partial charge in [0, 0.05) is 12.1 Å². The molecule has 0 spiro atoms. The highest BCUT2D eigenvalue weighted by Gasteiger charge is 2.32. The van der Waals surface area contributed by atoms with Crippen LogP contribution in [-0.2, 0) is 0 Å². The number of carbonyl (C=O) groups excluding carboxylic acids is 1. The number of aromatic nitrogens is 2. The number of nitrogens with two attached hydrogens (primary N) is 2. The second-order valence-electron chi connectivity index (χ2n) is 5.19. The van der Waals surface area contributed by atoms with Gasteiger partial charge in [0.05, 0.1) is 0 Å². The summed E-state index contributed by atoms with van der Waals surface area (Å²) in [5.74, 6) is -0.246. The number of rotatable bonds is 1. The van der Waals surface area contributed by atoms with Gasteiger partial charge in [-0.05, 0) is 12.8 Å². The van der Waals surface area contributed by atoms with Gasteiger partial charge in [-0.2, -0.15) is 4.99 Å². The summed E-state index contributed by atoms with van der Waals surface area (Å²) in [6.45, 7) is 0. The summed E-state index contributed by atoms with van der Waals surface area (Å²) in [4.78, 5) is 23.7. The van der Waals surface area contributed by atoms with Crippen LogP contribution in [0.5, 0.6) is 0 Å². The summed E-state index contributed by atoms with van der Waals surface area (Å²) in [5, 5.41) is 6.36. The molecule has 8 nitrogen and oxygen atoms in total. The van der Waals surface area contributed by atoms with Crippen molar-refractivity contribution in [3.05, 3.63) is 10.8 Å². The molecule has 2 atom stereocenters. The predicted molar refractivity (Wildman–Crippen MR) is 79.9 cm³/mol. The normalized spacial score (nSPS) is 24.0. The summed E-state index contributed by atoms with van der Waals surface area (Å²) < 4.78 is 0. The quantitative estimate of drug-likeness (QED) is 0.586. The van der Waals surface area contributed by atoms with Gasteiger partial charge in [-0.15, -0.1) is 0 Å². The first-order valence-corrected chi connectivity index (χ1v) is 7.17. The number of nitrogens with zero attached hydrogens (tertiary/aromatic N) is 3. The lowest BCUT2D eigenvalue weighted by Gasteiger charge is -2.23. The molecule has 2 fully saturated rings. The van der Waals surface area contributed by atoms with Crippen molar-refractivity contribution in [1.29, 1.82) is 0 Å². The zero-order valence-electron chi connectivity index (χ0n) is 11.3. The molecule has 2 unspecified atom stereocenters. The highest BCUT2D eigenvalue weighted by molar-refractivity contribution is 6.31. The fourth-order valence-electron chi connectivity index (χ4n) is 2.69. The molecule has 21 heavy (non-hydrogen) atoms. The summed E-state index contributed by atoms with van der Waals surface area (Å²) in [6, 6.07) is 0.646. The van der Waals surface area contributed by atoms with Crippen molar-refractivity contribution >= 4 is 35.1 Å². The average molecular weight is 310 g/mol. The topological polar surface area (TPSA) is 131 Å². The molecule has 1 aromatic heterocycles. The van der Waals surface area contributed by atoms with Crippen LogP contribution in [0.3, 0.4) is 0 Å². The van der Waals surface area contributed by atoms with Crippen molar-refractivity contribution in [2.45, 2.75) is 37.8 Å². The average Bonchev–Trinajstić information content (AvgIpc) is 2.84. The second kappa shape index (κ2) is 5.36. The Kier molecular flexibility index (Phi) is 3.54. The zero-order valence-corrected chi connectivity index (χ0v) is 12.0. The van der Waals surface area contributed by atoms with Gasteiger partial charge in [0.25, 0.3) is 0 Å². The minimum Gasteiger partial charge on any atom is -0.382 e. The first-order chi connectivity index (χ1) is 10.0. The summed E-state index contributed by atoms with van der Waals surface area (Å²) in [6.07, 6.45) is 4.51. The molecule has 0 bridgehead atoms. The Hall–Kier alpha value is -2.09. The van der Waals surface area contributed by atoms with Crippen molar-refractivity contribution in [3.63, 3.8) is 0 Å². The molecule has 2 aliphatic rings. The fraction of sp³-hybridized carbons (Fsp3) is 0.500. The van der Waals surface area contributed by atoms with Gasteiger partial charge in [-0.3, -0.25) is 4.79 Å². The van der Waals surface area contributed by atoms with E-state index in [1.54, 1.807) is 0 Å². The number of aliphatic imine (C=N–C) groups is 1. The van der Waals surface area contributed by atoms with E-state index < -0.39 is 5.91 Å². The number of hydrogen-bond acceptors (Lipinski definition) is 5. The number of hydrogen-bond donors (Lipinski definition) is 4. The first kappa shape index (κ1) is 13.9. The van der Waals surface area contributed by atoms with E-state index in [0.717, 1.165) is 12.8 Å². The van der Waals surface area contributed by atoms with Gasteiger partial charge in [-0.1, -0.05) is 24.4 Å². The maximum atomic E-state index is 12.1. The third kappa shape index (κ3) is 2.71. The third-order valence-corrected chi connectivity index (χ3v) is 4.01. The Bertz CT molecular complexity index is 602. The highest BCUT2D eigenvalue weighted by Crippen LogP contribution is 2.22. The van der Waals surface area contributed by atoms with E-state index in [4.69, 9.17) is 23.1 Å². The SMILES string of the molecule is Nc1nc(N)c(C(=O)N=C2NC3CCCCC3N2)nc1Cl. The van der Waals surface area contributed by atoms with Crippen LogP contribution in [0.2, 0.25) is 5.15 Å². The van der Waals surface area contributed by atoms with E-state index in [1.165, 1.54) is 12.8 Å². The van der Waals surface area contributed by atoms with Gasteiger partial charge in [0.2, 0.25) is 0 Å². The van der Waals surface area contributed by atoms with Gasteiger partial charge < -0.3 is 22.1 Å². The van der Waals surface area contributed by atoms with Gasteiger partial charge >= 0.3 is 5.91 Å². The van der Waals surface area contributed by atoms with Crippen LogP contribution in [0.4, 0.5) is 11.6 Å². The number of nitrogens with one attached hydrogen (secondary N) is 2. The molecule has 112 valence electrons. The van der Waals surface area contributed by atoms with E-state index in [2.05, 4.69) is 25.6 Å². The molecule has 0 radical (unpaired) electrons. The van der Waals surface area contributed by atoms with E-state index in [0.29, 0.717) is 18.0 Å². The number of amides is 1. The smallest absolute Gasteiger partial charge is 0.302 e. The Labute approximate surface area is 126 Å². The summed E-state index contributed by atoms with van der Waals surface area (Å²) in [5.41, 5.74) is 11.0. The number of nitrogen functional groups attached to an aromatic ring is 2. The largest absolute Gasteiger partial charge is 0.382 e. The molecule has 1 amide bonds. The Morgan fingerprint density at radius 3 is 2.38 bits per heavy atom. The number of guanidine groups is 1. The van der Waals surface area contributed by atoms with E-state index in [-0.39, 0.29) is 22.5 Å². The van der Waals surface area contributed by atoms with Crippen molar-refractivity contribution in [3.8, 4) is 0 Å². The number of carbonyl (C=O) groups is 1. The minimum absolute atomic E-state index is 0.0125. The molecule has 1 aromatic rings. The van der Waals surface area contributed by atoms with Crippen molar-refractivity contribution in [1.82, 2.24) is 20.6 Å². The minimum atomic E-state index is -0.601.